The van der Waals surface area contributed by atoms with E-state index in [4.69, 9.17) is 19.9 Å². The number of piperazine rings is 1. The van der Waals surface area contributed by atoms with Crippen molar-refractivity contribution < 1.29 is 22.6 Å². The lowest BCUT2D eigenvalue weighted by molar-refractivity contribution is -0.170. The van der Waals surface area contributed by atoms with Crippen LogP contribution in [0.3, 0.4) is 0 Å². The Balaban J connectivity index is 1.64. The van der Waals surface area contributed by atoms with E-state index in [1.165, 1.54) is 12.8 Å². The van der Waals surface area contributed by atoms with Crippen LogP contribution in [-0.4, -0.2) is 85.5 Å². The Morgan fingerprint density at radius 3 is 2.79 bits per heavy atom. The standard InChI is InChI=1S/C25H35F3N8O2/c1-16-5-6-31-20(11-16)33-23-22(32-8-10-37-13-18-3-4-18)21(19(29)14-38-15-25(26,27)28)34-24(35-23)36-9-7-30-17(2)12-36/h5-6,11,17-18,29-30,32H,3-4,7-10,12-15H2,1-2H3,(H,31,33,34,35). The van der Waals surface area contributed by atoms with Crippen LogP contribution in [0.5, 0.6) is 0 Å². The number of nitrogens with zero attached hydrogens (tertiary/aromatic N) is 4. The highest BCUT2D eigenvalue weighted by Crippen LogP contribution is 2.30. The zero-order valence-electron chi connectivity index (χ0n) is 21.7. The molecule has 0 aromatic carbocycles. The molecule has 1 saturated carbocycles. The van der Waals surface area contributed by atoms with Crippen LogP contribution in [0.15, 0.2) is 18.3 Å². The molecule has 0 spiro atoms. The second-order valence-electron chi connectivity index (χ2n) is 9.77. The van der Waals surface area contributed by atoms with E-state index in [-0.39, 0.29) is 17.4 Å². The summed E-state index contributed by atoms with van der Waals surface area (Å²) in [6, 6.07) is 3.92. The fourth-order valence-corrected chi connectivity index (χ4v) is 4.03. The molecule has 38 heavy (non-hydrogen) atoms. The Morgan fingerprint density at radius 1 is 1.26 bits per heavy atom. The molecule has 4 N–H and O–H groups in total. The molecule has 2 fully saturated rings. The number of pyridine rings is 1. The summed E-state index contributed by atoms with van der Waals surface area (Å²) in [4.78, 5) is 15.8. The topological polar surface area (TPSA) is 120 Å². The lowest BCUT2D eigenvalue weighted by Gasteiger charge is -2.32. The number of rotatable bonds is 13. The maximum Gasteiger partial charge on any atom is 0.411 e. The molecule has 2 aromatic rings. The van der Waals surface area contributed by atoms with Gasteiger partial charge in [0.1, 0.15) is 23.8 Å². The molecule has 10 nitrogen and oxygen atoms in total. The zero-order valence-corrected chi connectivity index (χ0v) is 21.7. The Labute approximate surface area is 220 Å². The maximum atomic E-state index is 12.7. The second kappa shape index (κ2) is 12.7. The van der Waals surface area contributed by atoms with Crippen molar-refractivity contribution in [2.24, 2.45) is 5.92 Å². The summed E-state index contributed by atoms with van der Waals surface area (Å²) in [5.74, 6) is 1.91. The average Bonchev–Trinajstić information content (AvgIpc) is 3.68. The molecule has 2 aromatic heterocycles. The lowest BCUT2D eigenvalue weighted by atomic mass is 10.2. The molecule has 1 unspecified atom stereocenters. The van der Waals surface area contributed by atoms with Crippen LogP contribution in [0.1, 0.15) is 31.0 Å². The molecular weight excluding hydrogens is 501 g/mol. The summed E-state index contributed by atoms with van der Waals surface area (Å²) in [7, 11) is 0. The van der Waals surface area contributed by atoms with Gasteiger partial charge in [-0.25, -0.2) is 9.97 Å². The monoisotopic (exact) mass is 536 g/mol. The van der Waals surface area contributed by atoms with Crippen molar-refractivity contribution in [1.29, 1.82) is 5.41 Å². The Morgan fingerprint density at radius 2 is 2.08 bits per heavy atom. The van der Waals surface area contributed by atoms with Gasteiger partial charge in [-0.15, -0.1) is 0 Å². The van der Waals surface area contributed by atoms with E-state index >= 15 is 0 Å². The molecule has 1 aliphatic carbocycles. The van der Waals surface area contributed by atoms with Crippen LogP contribution >= 0.6 is 0 Å². The fraction of sp³-hybridized carbons (Fsp3) is 0.600. The van der Waals surface area contributed by atoms with Gasteiger partial charge >= 0.3 is 6.18 Å². The van der Waals surface area contributed by atoms with Crippen LogP contribution < -0.4 is 20.9 Å². The van der Waals surface area contributed by atoms with Gasteiger partial charge in [-0.3, -0.25) is 0 Å². The van der Waals surface area contributed by atoms with Gasteiger partial charge in [0, 0.05) is 45.0 Å². The fourth-order valence-electron chi connectivity index (χ4n) is 4.03. The highest BCUT2D eigenvalue weighted by molar-refractivity contribution is 6.04. The van der Waals surface area contributed by atoms with E-state index in [1.807, 2.05) is 30.9 Å². The van der Waals surface area contributed by atoms with Crippen LogP contribution in [0, 0.1) is 18.3 Å². The summed E-state index contributed by atoms with van der Waals surface area (Å²) in [5, 5.41) is 18.4. The minimum atomic E-state index is -4.49. The molecule has 4 rings (SSSR count). The smallest absolute Gasteiger partial charge is 0.379 e. The number of hydrogen-bond acceptors (Lipinski definition) is 10. The first kappa shape index (κ1) is 28.0. The van der Waals surface area contributed by atoms with Gasteiger partial charge in [-0.2, -0.15) is 18.2 Å². The average molecular weight is 537 g/mol. The first-order valence-corrected chi connectivity index (χ1v) is 12.8. The molecule has 1 saturated heterocycles. The van der Waals surface area contributed by atoms with Gasteiger partial charge in [-0.05, 0) is 50.3 Å². The lowest BCUT2D eigenvalue weighted by Crippen LogP contribution is -2.50. The molecule has 3 heterocycles. The summed E-state index contributed by atoms with van der Waals surface area (Å²) >= 11 is 0. The molecule has 0 radical (unpaired) electrons. The van der Waals surface area contributed by atoms with E-state index in [0.29, 0.717) is 62.0 Å². The minimum Gasteiger partial charge on any atom is -0.379 e. The third-order valence-electron chi connectivity index (χ3n) is 6.11. The minimum absolute atomic E-state index is 0.167. The van der Waals surface area contributed by atoms with Crippen molar-refractivity contribution in [3.63, 3.8) is 0 Å². The van der Waals surface area contributed by atoms with Gasteiger partial charge in [0.15, 0.2) is 5.82 Å². The Kier molecular flexibility index (Phi) is 9.34. The first-order chi connectivity index (χ1) is 18.2. The molecule has 1 atom stereocenters. The van der Waals surface area contributed by atoms with Gasteiger partial charge in [0.2, 0.25) is 5.95 Å². The molecule has 13 heteroatoms. The van der Waals surface area contributed by atoms with Gasteiger partial charge < -0.3 is 35.7 Å². The van der Waals surface area contributed by atoms with Crippen LogP contribution in [0.25, 0.3) is 0 Å². The largest absolute Gasteiger partial charge is 0.411 e. The third-order valence-corrected chi connectivity index (χ3v) is 6.11. The van der Waals surface area contributed by atoms with Gasteiger partial charge in [0.25, 0.3) is 0 Å². The number of aryl methyl sites for hydroxylation is 1. The molecule has 2 aliphatic rings. The third kappa shape index (κ3) is 8.50. The predicted octanol–water partition coefficient (Wildman–Crippen LogP) is 3.51. The Hall–Kier alpha value is -3.03. The quantitative estimate of drug-likeness (QED) is 0.225. The van der Waals surface area contributed by atoms with E-state index < -0.39 is 19.4 Å². The van der Waals surface area contributed by atoms with Crippen LogP contribution in [0.2, 0.25) is 0 Å². The molecular formula is C25H35F3N8O2. The number of halogens is 3. The van der Waals surface area contributed by atoms with E-state index in [2.05, 4.69) is 25.9 Å². The summed E-state index contributed by atoms with van der Waals surface area (Å²) in [6.07, 6.45) is -0.448. The highest BCUT2D eigenvalue weighted by atomic mass is 19.4. The van der Waals surface area contributed by atoms with E-state index in [1.54, 1.807) is 6.20 Å². The number of hydrogen-bond donors (Lipinski definition) is 4. The summed E-state index contributed by atoms with van der Waals surface area (Å²) in [6.45, 7) is 5.53. The number of anilines is 4. The van der Waals surface area contributed by atoms with E-state index in [9.17, 15) is 13.2 Å². The maximum absolute atomic E-state index is 12.7. The molecule has 0 bridgehead atoms. The number of alkyl halides is 3. The Bertz CT molecular complexity index is 1100. The SMILES string of the molecule is Cc1ccnc(Nc2nc(N3CCNC(C)C3)nc(C(=N)COCC(F)(F)F)c2NCCOCC2CC2)c1. The summed E-state index contributed by atoms with van der Waals surface area (Å²) in [5.41, 5.74) is 1.35. The highest BCUT2D eigenvalue weighted by Gasteiger charge is 2.29. The summed E-state index contributed by atoms with van der Waals surface area (Å²) < 4.78 is 48.6. The van der Waals surface area contributed by atoms with Crippen molar-refractivity contribution in [3.8, 4) is 0 Å². The first-order valence-electron chi connectivity index (χ1n) is 12.8. The second-order valence-corrected chi connectivity index (χ2v) is 9.77. The van der Waals surface area contributed by atoms with E-state index in [0.717, 1.165) is 12.1 Å². The van der Waals surface area contributed by atoms with Crippen molar-refractivity contribution in [2.75, 3.05) is 68.1 Å². The molecule has 208 valence electrons. The van der Waals surface area contributed by atoms with Crippen molar-refractivity contribution in [1.82, 2.24) is 20.3 Å². The zero-order chi connectivity index (χ0) is 27.1. The number of nitrogens with one attached hydrogen (secondary N) is 4. The number of ether oxygens (including phenoxy) is 2. The van der Waals surface area contributed by atoms with Crippen LogP contribution in [0.4, 0.5) is 36.4 Å². The van der Waals surface area contributed by atoms with Crippen molar-refractivity contribution in [3.05, 3.63) is 29.6 Å². The van der Waals surface area contributed by atoms with Crippen molar-refractivity contribution in [2.45, 2.75) is 38.9 Å². The molecule has 1 aliphatic heterocycles. The predicted molar refractivity (Wildman–Crippen MR) is 140 cm³/mol. The van der Waals surface area contributed by atoms with Gasteiger partial charge in [0.05, 0.1) is 18.9 Å². The van der Waals surface area contributed by atoms with Crippen molar-refractivity contribution >= 4 is 29.0 Å². The molecule has 0 amide bonds. The van der Waals surface area contributed by atoms with Crippen LogP contribution in [-0.2, 0) is 9.47 Å². The number of aromatic nitrogens is 3. The normalized spacial score (nSPS) is 17.9. The van der Waals surface area contributed by atoms with Gasteiger partial charge in [-0.1, -0.05) is 0 Å².